The lowest BCUT2D eigenvalue weighted by molar-refractivity contribution is 0.441. The predicted octanol–water partition coefficient (Wildman–Crippen LogP) is 1.30. The first kappa shape index (κ1) is 9.51. The molecule has 0 aliphatic rings. The molecule has 5 nitrogen and oxygen atoms in total. The average molecular weight is 205 g/mol. The van der Waals surface area contributed by atoms with Crippen LogP contribution < -0.4 is 0 Å². The zero-order valence-corrected chi connectivity index (χ0v) is 8.20. The summed E-state index contributed by atoms with van der Waals surface area (Å²) in [7, 11) is 0. The van der Waals surface area contributed by atoms with Gasteiger partial charge in [0.25, 0.3) is 0 Å². The van der Waals surface area contributed by atoms with Gasteiger partial charge in [-0.05, 0) is 24.6 Å². The first-order chi connectivity index (χ1) is 7.16. The number of phenolic OH excluding ortho intramolecular Hbond substituents is 2. The highest BCUT2D eigenvalue weighted by Gasteiger charge is 2.10. The zero-order chi connectivity index (χ0) is 10.8. The monoisotopic (exact) mass is 205 g/mol. The molecule has 0 spiro atoms. The van der Waals surface area contributed by atoms with Gasteiger partial charge in [-0.3, -0.25) is 0 Å². The number of aromatic nitrogens is 3. The fraction of sp³-hybridized carbons (Fsp3) is 0.200. The topological polar surface area (TPSA) is 71.2 Å². The molecule has 15 heavy (non-hydrogen) atoms. The standard InChI is InChI=1S/C10H11N3O2/c1-7(13-11-2-3-12-13)8-4-9(14)6-10(15)5-8/h2-7,14-15H,1H3. The Morgan fingerprint density at radius 2 is 1.60 bits per heavy atom. The Hall–Kier alpha value is -2.04. The van der Waals surface area contributed by atoms with Crippen molar-refractivity contribution in [2.24, 2.45) is 0 Å². The van der Waals surface area contributed by atoms with Crippen molar-refractivity contribution in [3.63, 3.8) is 0 Å². The maximum Gasteiger partial charge on any atom is 0.119 e. The Labute approximate surface area is 86.6 Å². The van der Waals surface area contributed by atoms with Gasteiger partial charge < -0.3 is 10.2 Å². The summed E-state index contributed by atoms with van der Waals surface area (Å²) in [6.07, 6.45) is 3.16. The molecule has 0 aliphatic carbocycles. The molecule has 0 saturated carbocycles. The number of rotatable bonds is 2. The van der Waals surface area contributed by atoms with Crippen molar-refractivity contribution in [3.05, 3.63) is 36.2 Å². The third kappa shape index (κ3) is 1.90. The van der Waals surface area contributed by atoms with E-state index < -0.39 is 0 Å². The minimum atomic E-state index is -0.127. The summed E-state index contributed by atoms with van der Waals surface area (Å²) < 4.78 is 0. The van der Waals surface area contributed by atoms with Crippen molar-refractivity contribution in [3.8, 4) is 11.5 Å². The molecule has 1 atom stereocenters. The van der Waals surface area contributed by atoms with Crippen LogP contribution in [-0.4, -0.2) is 25.2 Å². The fourth-order valence-corrected chi connectivity index (χ4v) is 1.42. The van der Waals surface area contributed by atoms with Gasteiger partial charge in [-0.25, -0.2) is 0 Å². The molecule has 0 bridgehead atoms. The number of benzene rings is 1. The van der Waals surface area contributed by atoms with Gasteiger partial charge in [-0.1, -0.05) is 0 Å². The molecular weight excluding hydrogens is 194 g/mol. The molecule has 5 heteroatoms. The summed E-state index contributed by atoms with van der Waals surface area (Å²) in [4.78, 5) is 1.51. The van der Waals surface area contributed by atoms with E-state index in [2.05, 4.69) is 10.2 Å². The lowest BCUT2D eigenvalue weighted by Crippen LogP contribution is -2.09. The van der Waals surface area contributed by atoms with Crippen molar-refractivity contribution in [1.82, 2.24) is 15.0 Å². The molecule has 0 fully saturated rings. The molecule has 0 saturated heterocycles. The van der Waals surface area contributed by atoms with Gasteiger partial charge in [0.15, 0.2) is 0 Å². The molecule has 1 unspecified atom stereocenters. The van der Waals surface area contributed by atoms with Crippen LogP contribution in [0.1, 0.15) is 18.5 Å². The largest absolute Gasteiger partial charge is 0.508 e. The number of hydrogen-bond donors (Lipinski definition) is 2. The van der Waals surface area contributed by atoms with Gasteiger partial charge >= 0.3 is 0 Å². The van der Waals surface area contributed by atoms with Crippen LogP contribution in [0, 0.1) is 0 Å². The molecule has 1 aromatic carbocycles. The Balaban J connectivity index is 2.37. The van der Waals surface area contributed by atoms with E-state index in [4.69, 9.17) is 0 Å². The summed E-state index contributed by atoms with van der Waals surface area (Å²) in [6, 6.07) is 4.31. The second-order valence-electron chi connectivity index (χ2n) is 3.31. The highest BCUT2D eigenvalue weighted by atomic mass is 16.3. The van der Waals surface area contributed by atoms with Gasteiger partial charge in [0, 0.05) is 6.07 Å². The van der Waals surface area contributed by atoms with E-state index in [9.17, 15) is 10.2 Å². The van der Waals surface area contributed by atoms with Gasteiger partial charge in [-0.2, -0.15) is 15.0 Å². The first-order valence-corrected chi connectivity index (χ1v) is 4.55. The lowest BCUT2D eigenvalue weighted by Gasteiger charge is -2.11. The smallest absolute Gasteiger partial charge is 0.119 e. The van der Waals surface area contributed by atoms with Crippen LogP contribution in [0.5, 0.6) is 11.5 Å². The molecule has 0 amide bonds. The van der Waals surface area contributed by atoms with Crippen LogP contribution in [0.2, 0.25) is 0 Å². The average Bonchev–Trinajstić information content (AvgIpc) is 2.67. The molecule has 0 radical (unpaired) electrons. The first-order valence-electron chi connectivity index (χ1n) is 4.55. The second kappa shape index (κ2) is 3.61. The summed E-state index contributed by atoms with van der Waals surface area (Å²) in [5.74, 6) is 0.0630. The Bertz CT molecular complexity index is 433. The quantitative estimate of drug-likeness (QED) is 0.775. The van der Waals surface area contributed by atoms with Crippen LogP contribution in [0.3, 0.4) is 0 Å². The van der Waals surface area contributed by atoms with Crippen LogP contribution in [0.4, 0.5) is 0 Å². The Morgan fingerprint density at radius 1 is 1.07 bits per heavy atom. The summed E-state index contributed by atoms with van der Waals surface area (Å²) in [5, 5.41) is 26.6. The number of aromatic hydroxyl groups is 2. The Morgan fingerprint density at radius 3 is 2.13 bits per heavy atom. The molecule has 1 aromatic heterocycles. The van der Waals surface area contributed by atoms with Gasteiger partial charge in [-0.15, -0.1) is 0 Å². The second-order valence-corrected chi connectivity index (χ2v) is 3.31. The third-order valence-electron chi connectivity index (χ3n) is 2.19. The minimum absolute atomic E-state index is 0.0315. The van der Waals surface area contributed by atoms with E-state index in [0.29, 0.717) is 0 Å². The van der Waals surface area contributed by atoms with Crippen LogP contribution in [-0.2, 0) is 0 Å². The molecule has 0 aliphatic heterocycles. The van der Waals surface area contributed by atoms with E-state index in [-0.39, 0.29) is 17.5 Å². The van der Waals surface area contributed by atoms with Crippen LogP contribution in [0.15, 0.2) is 30.6 Å². The maximum absolute atomic E-state index is 9.33. The van der Waals surface area contributed by atoms with E-state index >= 15 is 0 Å². The number of hydrogen-bond acceptors (Lipinski definition) is 4. The van der Waals surface area contributed by atoms with Gasteiger partial charge in [0.2, 0.25) is 0 Å². The van der Waals surface area contributed by atoms with Crippen molar-refractivity contribution in [2.75, 3.05) is 0 Å². The molecular formula is C10H11N3O2. The highest BCUT2D eigenvalue weighted by Crippen LogP contribution is 2.25. The van der Waals surface area contributed by atoms with E-state index in [0.717, 1.165) is 5.56 Å². The van der Waals surface area contributed by atoms with Crippen molar-refractivity contribution >= 4 is 0 Å². The van der Waals surface area contributed by atoms with Crippen molar-refractivity contribution in [1.29, 1.82) is 0 Å². The molecule has 2 N–H and O–H groups in total. The van der Waals surface area contributed by atoms with Gasteiger partial charge in [0.05, 0.1) is 18.4 Å². The van der Waals surface area contributed by atoms with Crippen LogP contribution >= 0.6 is 0 Å². The number of nitrogens with zero attached hydrogens (tertiary/aromatic N) is 3. The maximum atomic E-state index is 9.33. The van der Waals surface area contributed by atoms with E-state index in [1.807, 2.05) is 6.92 Å². The summed E-state index contributed by atoms with van der Waals surface area (Å²) in [6.45, 7) is 1.88. The molecule has 2 rings (SSSR count). The summed E-state index contributed by atoms with van der Waals surface area (Å²) >= 11 is 0. The zero-order valence-electron chi connectivity index (χ0n) is 8.20. The molecule has 78 valence electrons. The fourth-order valence-electron chi connectivity index (χ4n) is 1.42. The Kier molecular flexibility index (Phi) is 2.29. The van der Waals surface area contributed by atoms with E-state index in [1.54, 1.807) is 24.5 Å². The van der Waals surface area contributed by atoms with E-state index in [1.165, 1.54) is 10.9 Å². The lowest BCUT2D eigenvalue weighted by atomic mass is 10.1. The highest BCUT2D eigenvalue weighted by molar-refractivity contribution is 5.37. The van der Waals surface area contributed by atoms with Crippen LogP contribution in [0.25, 0.3) is 0 Å². The SMILES string of the molecule is CC(c1cc(O)cc(O)c1)n1nccn1. The normalized spacial score (nSPS) is 12.6. The molecule has 1 heterocycles. The summed E-state index contributed by atoms with van der Waals surface area (Å²) in [5.41, 5.74) is 0.753. The van der Waals surface area contributed by atoms with Crippen molar-refractivity contribution in [2.45, 2.75) is 13.0 Å². The number of phenols is 2. The predicted molar refractivity (Wildman–Crippen MR) is 53.6 cm³/mol. The van der Waals surface area contributed by atoms with Crippen molar-refractivity contribution < 1.29 is 10.2 Å². The molecule has 2 aromatic rings. The minimum Gasteiger partial charge on any atom is -0.508 e. The third-order valence-corrected chi connectivity index (χ3v) is 2.19. The van der Waals surface area contributed by atoms with Gasteiger partial charge in [0.1, 0.15) is 11.5 Å².